The number of benzene rings is 2. The van der Waals surface area contributed by atoms with Crippen molar-refractivity contribution in [3.8, 4) is 0 Å². The molecular weight excluding hydrogens is 486 g/mol. The Bertz CT molecular complexity index is 1110. The molecule has 0 bridgehead atoms. The third kappa shape index (κ3) is 4.08. The standard InChI is InChI=1S/C24H16Cl4N4/c25-17-11-15(29-23(27)31-17)21-19(13-7-3-1-4-8-13)22(16-12-18(26)32-24(28)30-16)20(21)14-9-5-2-6-10-14/h1-12,19-22H/t19-,20+,21-,22-. The van der Waals surface area contributed by atoms with Crippen LogP contribution in [0, 0.1) is 0 Å². The van der Waals surface area contributed by atoms with E-state index in [4.69, 9.17) is 46.4 Å². The minimum absolute atomic E-state index is 0.00434. The normalized spacial score (nSPS) is 22.4. The number of halogens is 4. The predicted octanol–water partition coefficient (Wildman–Crippen LogP) is 7.33. The van der Waals surface area contributed by atoms with Crippen molar-refractivity contribution < 1.29 is 0 Å². The zero-order valence-electron chi connectivity index (χ0n) is 16.5. The maximum absolute atomic E-state index is 6.27. The molecule has 0 aliphatic heterocycles. The van der Waals surface area contributed by atoms with E-state index >= 15 is 0 Å². The third-order valence-corrected chi connectivity index (χ3v) is 6.70. The van der Waals surface area contributed by atoms with E-state index in [1.165, 1.54) is 0 Å². The molecule has 4 aromatic rings. The van der Waals surface area contributed by atoms with E-state index in [2.05, 4.69) is 44.2 Å². The summed E-state index contributed by atoms with van der Waals surface area (Å²) in [7, 11) is 0. The van der Waals surface area contributed by atoms with Crippen LogP contribution in [-0.4, -0.2) is 19.9 Å². The van der Waals surface area contributed by atoms with Crippen LogP contribution in [0.3, 0.4) is 0 Å². The molecule has 5 rings (SSSR count). The number of aromatic nitrogens is 4. The Labute approximate surface area is 205 Å². The molecule has 4 nitrogen and oxygen atoms in total. The van der Waals surface area contributed by atoms with Gasteiger partial charge in [-0.3, -0.25) is 0 Å². The summed E-state index contributed by atoms with van der Waals surface area (Å²) in [6.07, 6.45) is 0. The number of rotatable bonds is 4. The second-order valence-corrected chi connectivity index (χ2v) is 9.14. The van der Waals surface area contributed by atoms with Gasteiger partial charge < -0.3 is 0 Å². The molecule has 2 aromatic carbocycles. The number of hydrogen-bond acceptors (Lipinski definition) is 4. The second-order valence-electron chi connectivity index (χ2n) is 7.69. The molecule has 2 heterocycles. The minimum atomic E-state index is -0.00434. The Morgan fingerprint density at radius 1 is 0.469 bits per heavy atom. The van der Waals surface area contributed by atoms with Crippen molar-refractivity contribution in [2.45, 2.75) is 23.7 Å². The number of hydrogen-bond donors (Lipinski definition) is 0. The SMILES string of the molecule is Clc1cc([C@H]2[C@H](c3ccccc3)[C@H](c3cc(Cl)nc(Cl)n3)[C@@H]2c2ccccc2)nc(Cl)n1. The summed E-state index contributed by atoms with van der Waals surface area (Å²) in [6.45, 7) is 0. The highest BCUT2D eigenvalue weighted by Crippen LogP contribution is 2.66. The molecule has 2 aromatic heterocycles. The van der Waals surface area contributed by atoms with Crippen molar-refractivity contribution in [1.82, 2.24) is 19.9 Å². The Morgan fingerprint density at radius 2 is 0.844 bits per heavy atom. The Kier molecular flexibility index (Phi) is 6.04. The van der Waals surface area contributed by atoms with Crippen LogP contribution in [0.25, 0.3) is 0 Å². The average Bonchev–Trinajstić information content (AvgIpc) is 2.73. The van der Waals surface area contributed by atoms with Crippen LogP contribution < -0.4 is 0 Å². The molecule has 160 valence electrons. The van der Waals surface area contributed by atoms with Gasteiger partial charge >= 0.3 is 0 Å². The van der Waals surface area contributed by atoms with Gasteiger partial charge in [-0.05, 0) is 46.5 Å². The first-order valence-corrected chi connectivity index (χ1v) is 11.5. The minimum Gasteiger partial charge on any atom is -0.223 e. The van der Waals surface area contributed by atoms with Crippen LogP contribution in [0.15, 0.2) is 72.8 Å². The average molecular weight is 502 g/mol. The summed E-state index contributed by atoms with van der Waals surface area (Å²) in [5, 5.41) is 0.885. The van der Waals surface area contributed by atoms with E-state index in [0.29, 0.717) is 10.3 Å². The van der Waals surface area contributed by atoms with Crippen LogP contribution >= 0.6 is 46.4 Å². The van der Waals surface area contributed by atoms with Crippen molar-refractivity contribution in [2.75, 3.05) is 0 Å². The molecule has 1 fully saturated rings. The molecule has 8 heteroatoms. The fourth-order valence-electron chi connectivity index (χ4n) is 4.82. The molecule has 0 amide bonds. The van der Waals surface area contributed by atoms with Gasteiger partial charge in [-0.15, -0.1) is 0 Å². The van der Waals surface area contributed by atoms with Gasteiger partial charge in [0.05, 0.1) is 11.4 Å². The monoisotopic (exact) mass is 500 g/mol. The van der Waals surface area contributed by atoms with E-state index in [-0.39, 0.29) is 34.2 Å². The van der Waals surface area contributed by atoms with Crippen molar-refractivity contribution >= 4 is 46.4 Å². The molecule has 1 aliphatic carbocycles. The zero-order valence-corrected chi connectivity index (χ0v) is 19.6. The molecule has 0 spiro atoms. The quantitative estimate of drug-likeness (QED) is 0.217. The molecular formula is C24H16Cl4N4. The van der Waals surface area contributed by atoms with Crippen LogP contribution in [0.2, 0.25) is 20.9 Å². The first-order valence-electron chi connectivity index (χ1n) is 10.0. The molecule has 0 saturated heterocycles. The molecule has 0 unspecified atom stereocenters. The molecule has 1 aliphatic rings. The van der Waals surface area contributed by atoms with E-state index < -0.39 is 0 Å². The molecule has 0 radical (unpaired) electrons. The predicted molar refractivity (Wildman–Crippen MR) is 128 cm³/mol. The lowest BCUT2D eigenvalue weighted by molar-refractivity contribution is 0.220. The first-order chi connectivity index (χ1) is 15.5. The van der Waals surface area contributed by atoms with Crippen molar-refractivity contribution in [3.63, 3.8) is 0 Å². The number of nitrogens with zero attached hydrogens (tertiary/aromatic N) is 4. The van der Waals surface area contributed by atoms with Crippen LogP contribution in [0.4, 0.5) is 0 Å². The summed E-state index contributed by atoms with van der Waals surface area (Å²) in [5.41, 5.74) is 3.90. The lowest BCUT2D eigenvalue weighted by Crippen LogP contribution is -2.41. The van der Waals surface area contributed by atoms with Gasteiger partial charge in [0, 0.05) is 23.7 Å². The Morgan fingerprint density at radius 3 is 1.19 bits per heavy atom. The first kappa shape index (κ1) is 21.6. The van der Waals surface area contributed by atoms with Crippen molar-refractivity contribution in [1.29, 1.82) is 0 Å². The van der Waals surface area contributed by atoms with Gasteiger partial charge in [-0.1, -0.05) is 83.9 Å². The molecule has 1 saturated carbocycles. The van der Waals surface area contributed by atoms with Gasteiger partial charge in [0.25, 0.3) is 0 Å². The maximum Gasteiger partial charge on any atom is 0.224 e. The molecule has 0 atom stereocenters. The van der Waals surface area contributed by atoms with E-state index in [0.717, 1.165) is 22.5 Å². The smallest absolute Gasteiger partial charge is 0.223 e. The maximum atomic E-state index is 6.27. The zero-order chi connectivity index (χ0) is 22.2. The summed E-state index contributed by atoms with van der Waals surface area (Å²) in [4.78, 5) is 17.2. The van der Waals surface area contributed by atoms with Crippen LogP contribution in [0.1, 0.15) is 46.2 Å². The van der Waals surface area contributed by atoms with E-state index in [1.807, 2.05) is 36.4 Å². The third-order valence-electron chi connectivity index (χ3n) is 5.97. The highest BCUT2D eigenvalue weighted by Gasteiger charge is 2.54. The van der Waals surface area contributed by atoms with Gasteiger partial charge in [-0.25, -0.2) is 19.9 Å². The largest absolute Gasteiger partial charge is 0.224 e. The molecule has 0 N–H and O–H groups in total. The second kappa shape index (κ2) is 8.95. The highest BCUT2D eigenvalue weighted by atomic mass is 35.5. The van der Waals surface area contributed by atoms with Crippen LogP contribution in [0.5, 0.6) is 0 Å². The van der Waals surface area contributed by atoms with Gasteiger partial charge in [0.2, 0.25) is 10.6 Å². The fourth-order valence-corrected chi connectivity index (χ4v) is 5.67. The van der Waals surface area contributed by atoms with Gasteiger partial charge in [-0.2, -0.15) is 0 Å². The highest BCUT2D eigenvalue weighted by molar-refractivity contribution is 6.32. The lowest BCUT2D eigenvalue weighted by Gasteiger charge is -2.52. The van der Waals surface area contributed by atoms with Gasteiger partial charge in [0.15, 0.2) is 0 Å². The summed E-state index contributed by atoms with van der Waals surface area (Å²) >= 11 is 24.9. The Hall–Kier alpha value is -2.24. The van der Waals surface area contributed by atoms with Crippen molar-refractivity contribution in [2.24, 2.45) is 0 Å². The van der Waals surface area contributed by atoms with Crippen molar-refractivity contribution in [3.05, 3.63) is 116 Å². The van der Waals surface area contributed by atoms with E-state index in [9.17, 15) is 0 Å². The summed E-state index contributed by atoms with van der Waals surface area (Å²) in [6, 6.07) is 24.1. The van der Waals surface area contributed by atoms with Crippen LogP contribution in [-0.2, 0) is 0 Å². The summed E-state index contributed by atoms with van der Waals surface area (Å²) in [5.74, 6) is 0.0848. The molecule has 32 heavy (non-hydrogen) atoms. The summed E-state index contributed by atoms with van der Waals surface area (Å²) < 4.78 is 0. The van der Waals surface area contributed by atoms with E-state index in [1.54, 1.807) is 12.1 Å². The van der Waals surface area contributed by atoms with Gasteiger partial charge in [0.1, 0.15) is 10.3 Å². The fraction of sp³-hybridized carbons (Fsp3) is 0.167. The topological polar surface area (TPSA) is 51.6 Å². The lowest BCUT2D eigenvalue weighted by atomic mass is 9.50. The Balaban J connectivity index is 1.72.